The third-order valence-corrected chi connectivity index (χ3v) is 2.78. The molecule has 1 aromatic carbocycles. The van der Waals surface area contributed by atoms with Crippen LogP contribution < -0.4 is 5.32 Å². The van der Waals surface area contributed by atoms with Crippen molar-refractivity contribution in [3.8, 4) is 0 Å². The van der Waals surface area contributed by atoms with E-state index < -0.39 is 17.8 Å². The van der Waals surface area contributed by atoms with Crippen molar-refractivity contribution < 1.29 is 19.1 Å². The number of nitrogens with one attached hydrogen (secondary N) is 1. The number of rotatable bonds is 7. The summed E-state index contributed by atoms with van der Waals surface area (Å²) >= 11 is 0. The molecule has 1 aromatic rings. The Morgan fingerprint density at radius 2 is 1.81 bits per heavy atom. The van der Waals surface area contributed by atoms with E-state index >= 15 is 0 Å². The van der Waals surface area contributed by atoms with Crippen LogP contribution in [0.2, 0.25) is 0 Å². The van der Waals surface area contributed by atoms with Crippen molar-refractivity contribution in [3.63, 3.8) is 0 Å². The van der Waals surface area contributed by atoms with E-state index in [2.05, 4.69) is 10.1 Å². The number of hydrogen-bond donors (Lipinski definition) is 1. The molecule has 0 spiro atoms. The number of carbonyl (C=O) groups excluding carboxylic acids is 3. The number of ether oxygens (including phenoxy) is 1. The molecule has 6 heteroatoms. The minimum atomic E-state index is -0.449. The highest BCUT2D eigenvalue weighted by molar-refractivity contribution is 6.05. The van der Waals surface area contributed by atoms with E-state index in [4.69, 9.17) is 0 Å². The molecule has 2 amide bonds. The summed E-state index contributed by atoms with van der Waals surface area (Å²) < 4.78 is 4.58. The van der Waals surface area contributed by atoms with Gasteiger partial charge in [-0.3, -0.25) is 24.6 Å². The van der Waals surface area contributed by atoms with Crippen LogP contribution in [0.5, 0.6) is 0 Å². The molecule has 0 aliphatic rings. The molecule has 0 fully saturated rings. The summed E-state index contributed by atoms with van der Waals surface area (Å²) in [5.41, 5.74) is 0.417. The molecular weight excluding hydrogens is 272 g/mol. The number of methoxy groups -OCH3 is 1. The molecular formula is C15H20N2O4. The summed E-state index contributed by atoms with van der Waals surface area (Å²) in [5.74, 6) is -1.30. The van der Waals surface area contributed by atoms with Crippen LogP contribution in [0.4, 0.5) is 0 Å². The number of imide groups is 1. The standard InChI is InChI=1S/C15H20N2O4/c1-3-9-17(11-14(19)21-2)10-13(18)16-15(20)12-7-5-4-6-8-12/h4-8H,3,9-11H2,1-2H3,(H,16,18,20). The summed E-state index contributed by atoms with van der Waals surface area (Å²) in [4.78, 5) is 36.6. The fourth-order valence-corrected chi connectivity index (χ4v) is 1.81. The first-order valence-corrected chi connectivity index (χ1v) is 6.75. The highest BCUT2D eigenvalue weighted by atomic mass is 16.5. The van der Waals surface area contributed by atoms with E-state index in [0.717, 1.165) is 6.42 Å². The van der Waals surface area contributed by atoms with Crippen molar-refractivity contribution in [2.24, 2.45) is 0 Å². The maximum Gasteiger partial charge on any atom is 0.319 e. The summed E-state index contributed by atoms with van der Waals surface area (Å²) in [6.45, 7) is 2.51. The first-order chi connectivity index (χ1) is 10.1. The van der Waals surface area contributed by atoms with Gasteiger partial charge in [0.15, 0.2) is 0 Å². The third kappa shape index (κ3) is 6.18. The Kier molecular flexibility index (Phi) is 7.11. The zero-order valence-corrected chi connectivity index (χ0v) is 12.3. The van der Waals surface area contributed by atoms with Gasteiger partial charge in [-0.1, -0.05) is 25.1 Å². The van der Waals surface area contributed by atoms with E-state index in [0.29, 0.717) is 12.1 Å². The summed E-state index contributed by atoms with van der Waals surface area (Å²) in [7, 11) is 1.30. The number of benzene rings is 1. The van der Waals surface area contributed by atoms with Gasteiger partial charge in [0, 0.05) is 5.56 Å². The molecule has 0 radical (unpaired) electrons. The van der Waals surface area contributed by atoms with Gasteiger partial charge in [-0.05, 0) is 25.1 Å². The highest BCUT2D eigenvalue weighted by Crippen LogP contribution is 1.98. The molecule has 0 aliphatic heterocycles. The van der Waals surface area contributed by atoms with Crippen LogP contribution in [0, 0.1) is 0 Å². The van der Waals surface area contributed by atoms with E-state index in [1.807, 2.05) is 6.92 Å². The van der Waals surface area contributed by atoms with Crippen molar-refractivity contribution in [1.82, 2.24) is 10.2 Å². The van der Waals surface area contributed by atoms with Crippen molar-refractivity contribution in [2.45, 2.75) is 13.3 Å². The molecule has 1 N–H and O–H groups in total. The Hall–Kier alpha value is -2.21. The normalized spacial score (nSPS) is 10.2. The molecule has 0 atom stereocenters. The Bertz CT molecular complexity index is 488. The molecule has 114 valence electrons. The summed E-state index contributed by atoms with van der Waals surface area (Å²) in [6, 6.07) is 8.49. The molecule has 0 aliphatic carbocycles. The second-order valence-corrected chi connectivity index (χ2v) is 4.53. The Labute approximate surface area is 124 Å². The maximum atomic E-state index is 11.9. The largest absolute Gasteiger partial charge is 0.468 e. The summed E-state index contributed by atoms with van der Waals surface area (Å²) in [6.07, 6.45) is 0.789. The van der Waals surface area contributed by atoms with Crippen molar-refractivity contribution >= 4 is 17.8 Å². The van der Waals surface area contributed by atoms with Crippen LogP contribution >= 0.6 is 0 Å². The number of hydrogen-bond acceptors (Lipinski definition) is 5. The Morgan fingerprint density at radius 1 is 1.14 bits per heavy atom. The van der Waals surface area contributed by atoms with Gasteiger partial charge in [-0.15, -0.1) is 0 Å². The van der Waals surface area contributed by atoms with Crippen molar-refractivity contribution in [1.29, 1.82) is 0 Å². The lowest BCUT2D eigenvalue weighted by atomic mass is 10.2. The molecule has 0 bridgehead atoms. The van der Waals surface area contributed by atoms with Crippen LogP contribution in [-0.4, -0.2) is 49.4 Å². The monoisotopic (exact) mass is 292 g/mol. The molecule has 0 saturated carbocycles. The lowest BCUT2D eigenvalue weighted by Gasteiger charge is -2.19. The predicted molar refractivity (Wildman–Crippen MR) is 77.7 cm³/mol. The van der Waals surface area contributed by atoms with Crippen molar-refractivity contribution in [3.05, 3.63) is 35.9 Å². The Morgan fingerprint density at radius 3 is 2.38 bits per heavy atom. The van der Waals surface area contributed by atoms with Crippen LogP contribution in [0.3, 0.4) is 0 Å². The minimum Gasteiger partial charge on any atom is -0.468 e. The lowest BCUT2D eigenvalue weighted by Crippen LogP contribution is -2.42. The molecule has 0 unspecified atom stereocenters. The van der Waals surface area contributed by atoms with Crippen LogP contribution in [0.1, 0.15) is 23.7 Å². The van der Waals surface area contributed by atoms with E-state index in [1.165, 1.54) is 7.11 Å². The average molecular weight is 292 g/mol. The lowest BCUT2D eigenvalue weighted by molar-refractivity contribution is -0.142. The highest BCUT2D eigenvalue weighted by Gasteiger charge is 2.16. The number of nitrogens with zero attached hydrogens (tertiary/aromatic N) is 1. The van der Waals surface area contributed by atoms with Gasteiger partial charge in [0.1, 0.15) is 0 Å². The van der Waals surface area contributed by atoms with Gasteiger partial charge in [0.2, 0.25) is 5.91 Å². The summed E-state index contributed by atoms with van der Waals surface area (Å²) in [5, 5.41) is 2.30. The average Bonchev–Trinajstić information content (AvgIpc) is 2.48. The minimum absolute atomic E-state index is 0.0251. The number of esters is 1. The zero-order chi connectivity index (χ0) is 15.7. The number of carbonyl (C=O) groups is 3. The topological polar surface area (TPSA) is 75.7 Å². The Balaban J connectivity index is 2.53. The smallest absolute Gasteiger partial charge is 0.319 e. The second kappa shape index (κ2) is 8.86. The van der Waals surface area contributed by atoms with Gasteiger partial charge in [-0.25, -0.2) is 0 Å². The van der Waals surface area contributed by atoms with Gasteiger partial charge in [-0.2, -0.15) is 0 Å². The number of amides is 2. The van der Waals surface area contributed by atoms with Crippen LogP contribution in [0.15, 0.2) is 30.3 Å². The molecule has 1 rings (SSSR count). The van der Waals surface area contributed by atoms with Gasteiger partial charge in [0.05, 0.1) is 20.2 Å². The first-order valence-electron chi connectivity index (χ1n) is 6.75. The van der Waals surface area contributed by atoms with Gasteiger partial charge >= 0.3 is 5.97 Å². The molecule has 0 aromatic heterocycles. The SMILES string of the molecule is CCCN(CC(=O)NC(=O)c1ccccc1)CC(=O)OC. The fraction of sp³-hybridized carbons (Fsp3) is 0.400. The molecule has 21 heavy (non-hydrogen) atoms. The van der Waals surface area contributed by atoms with Gasteiger partial charge in [0.25, 0.3) is 5.91 Å². The van der Waals surface area contributed by atoms with Gasteiger partial charge < -0.3 is 4.74 Å². The van der Waals surface area contributed by atoms with Crippen molar-refractivity contribution in [2.75, 3.05) is 26.7 Å². The van der Waals surface area contributed by atoms with Crippen LogP contribution in [0.25, 0.3) is 0 Å². The quantitative estimate of drug-likeness (QED) is 0.753. The third-order valence-electron chi connectivity index (χ3n) is 2.78. The molecule has 0 heterocycles. The fourth-order valence-electron chi connectivity index (χ4n) is 1.81. The molecule has 6 nitrogen and oxygen atoms in total. The predicted octanol–water partition coefficient (Wildman–Crippen LogP) is 0.828. The maximum absolute atomic E-state index is 11.9. The van der Waals surface area contributed by atoms with E-state index in [1.54, 1.807) is 35.2 Å². The second-order valence-electron chi connectivity index (χ2n) is 4.53. The first kappa shape index (κ1) is 16.8. The van der Waals surface area contributed by atoms with E-state index in [9.17, 15) is 14.4 Å². The zero-order valence-electron chi connectivity index (χ0n) is 12.3. The van der Waals surface area contributed by atoms with E-state index in [-0.39, 0.29) is 13.1 Å². The van der Waals surface area contributed by atoms with Crippen LogP contribution in [-0.2, 0) is 14.3 Å². The molecule has 0 saturated heterocycles.